The molecule has 2 heterocycles. The smallest absolute Gasteiger partial charge is 0.328 e. The third kappa shape index (κ3) is 4.64. The highest BCUT2D eigenvalue weighted by Gasteiger charge is 2.34. The van der Waals surface area contributed by atoms with Gasteiger partial charge in [0.1, 0.15) is 23.9 Å². The second-order valence-electron chi connectivity index (χ2n) is 6.13. The van der Waals surface area contributed by atoms with Crippen LogP contribution >= 0.6 is 0 Å². The molecule has 3 rings (SSSR count). The summed E-state index contributed by atoms with van der Waals surface area (Å²) >= 11 is 0. The predicted octanol–water partition coefficient (Wildman–Crippen LogP) is 2.95. The number of oxazole rings is 1. The first-order chi connectivity index (χ1) is 13.1. The van der Waals surface area contributed by atoms with Gasteiger partial charge in [0, 0.05) is 12.6 Å². The summed E-state index contributed by atoms with van der Waals surface area (Å²) in [5, 5.41) is 0. The van der Waals surface area contributed by atoms with Crippen LogP contribution in [0.3, 0.4) is 0 Å². The van der Waals surface area contributed by atoms with Gasteiger partial charge >= 0.3 is 5.97 Å². The Labute approximate surface area is 156 Å². The van der Waals surface area contributed by atoms with Crippen LogP contribution in [0.4, 0.5) is 4.39 Å². The quantitative estimate of drug-likeness (QED) is 0.721. The minimum atomic E-state index is -0.602. The average molecular weight is 376 g/mol. The Morgan fingerprint density at radius 2 is 2.22 bits per heavy atom. The van der Waals surface area contributed by atoms with E-state index in [1.165, 1.54) is 29.4 Å². The summed E-state index contributed by atoms with van der Waals surface area (Å²) in [4.78, 5) is 30.5. The Bertz CT molecular complexity index is 807. The number of aromatic nitrogens is 1. The van der Waals surface area contributed by atoms with Crippen LogP contribution < -0.4 is 4.74 Å². The van der Waals surface area contributed by atoms with Crippen molar-refractivity contribution in [2.24, 2.45) is 0 Å². The van der Waals surface area contributed by atoms with E-state index in [2.05, 4.69) is 4.98 Å². The zero-order valence-corrected chi connectivity index (χ0v) is 15.0. The number of carbonyl (C=O) groups is 2. The SMILES string of the molecule is CCOC(=O)[C@@H]1CCCCN1C(=O)c1coc(COc2cccc(F)c2)n1. The van der Waals surface area contributed by atoms with Gasteiger partial charge in [0.05, 0.1) is 6.61 Å². The number of benzene rings is 1. The maximum Gasteiger partial charge on any atom is 0.328 e. The van der Waals surface area contributed by atoms with Crippen molar-refractivity contribution in [3.8, 4) is 5.75 Å². The Hall–Kier alpha value is -2.90. The van der Waals surface area contributed by atoms with E-state index in [9.17, 15) is 14.0 Å². The minimum Gasteiger partial charge on any atom is -0.484 e. The number of ether oxygens (including phenoxy) is 2. The molecule has 1 aliphatic rings. The molecule has 0 saturated carbocycles. The van der Waals surface area contributed by atoms with Crippen molar-refractivity contribution in [3.63, 3.8) is 0 Å². The van der Waals surface area contributed by atoms with Crippen LogP contribution in [-0.2, 0) is 16.1 Å². The van der Waals surface area contributed by atoms with Gasteiger partial charge in [-0.3, -0.25) is 4.79 Å². The van der Waals surface area contributed by atoms with Crippen LogP contribution in [0, 0.1) is 5.82 Å². The summed E-state index contributed by atoms with van der Waals surface area (Å²) in [5.74, 6) is -0.671. The number of rotatable bonds is 6. The molecule has 0 radical (unpaired) electrons. The second kappa shape index (κ2) is 8.66. The fourth-order valence-corrected chi connectivity index (χ4v) is 2.98. The molecule has 0 N–H and O–H groups in total. The second-order valence-corrected chi connectivity index (χ2v) is 6.13. The first kappa shape index (κ1) is 18.9. The molecule has 1 aromatic carbocycles. The average Bonchev–Trinajstić information content (AvgIpc) is 3.15. The zero-order valence-electron chi connectivity index (χ0n) is 15.0. The van der Waals surface area contributed by atoms with Gasteiger partial charge in [-0.05, 0) is 38.3 Å². The summed E-state index contributed by atoms with van der Waals surface area (Å²) < 4.78 is 28.9. The predicted molar refractivity (Wildman–Crippen MR) is 92.5 cm³/mol. The largest absolute Gasteiger partial charge is 0.484 e. The third-order valence-corrected chi connectivity index (χ3v) is 4.25. The molecule has 2 aromatic rings. The number of piperidine rings is 1. The van der Waals surface area contributed by atoms with Crippen molar-refractivity contribution < 1.29 is 27.9 Å². The maximum atomic E-state index is 13.2. The molecule has 27 heavy (non-hydrogen) atoms. The standard InChI is InChI=1S/C19H21FN2O5/c1-2-25-19(24)16-8-3-4-9-22(16)18(23)15-11-27-17(21-15)12-26-14-7-5-6-13(20)10-14/h5-7,10-11,16H,2-4,8-9,12H2,1H3/t16-/m0/s1. The molecule has 0 unspecified atom stereocenters. The lowest BCUT2D eigenvalue weighted by molar-refractivity contribution is -0.149. The number of halogens is 1. The van der Waals surface area contributed by atoms with Crippen LogP contribution in [0.2, 0.25) is 0 Å². The van der Waals surface area contributed by atoms with E-state index in [1.807, 2.05) is 0 Å². The number of likely N-dealkylation sites (tertiary alicyclic amines) is 1. The summed E-state index contributed by atoms with van der Waals surface area (Å²) in [5.41, 5.74) is 0.101. The minimum absolute atomic E-state index is 0.0436. The number of carbonyl (C=O) groups excluding carboxylic acids is 2. The van der Waals surface area contributed by atoms with E-state index in [-0.39, 0.29) is 30.7 Å². The van der Waals surface area contributed by atoms with E-state index < -0.39 is 17.8 Å². The van der Waals surface area contributed by atoms with Crippen molar-refractivity contribution in [1.82, 2.24) is 9.88 Å². The summed E-state index contributed by atoms with van der Waals surface area (Å²) in [6, 6.07) is 5.09. The maximum absolute atomic E-state index is 13.2. The van der Waals surface area contributed by atoms with Crippen LogP contribution in [0.5, 0.6) is 5.75 Å². The summed E-state index contributed by atoms with van der Waals surface area (Å²) in [6.07, 6.45) is 3.48. The molecular formula is C19H21FN2O5. The number of amides is 1. The topological polar surface area (TPSA) is 81.9 Å². The van der Waals surface area contributed by atoms with Crippen LogP contribution in [0.15, 0.2) is 34.9 Å². The van der Waals surface area contributed by atoms with Gasteiger partial charge in [-0.15, -0.1) is 0 Å². The molecule has 1 saturated heterocycles. The zero-order chi connectivity index (χ0) is 19.2. The molecule has 0 spiro atoms. The lowest BCUT2D eigenvalue weighted by Crippen LogP contribution is -2.48. The molecular weight excluding hydrogens is 355 g/mol. The number of hydrogen-bond donors (Lipinski definition) is 0. The molecule has 8 heteroatoms. The van der Waals surface area contributed by atoms with Gasteiger partial charge in [0.25, 0.3) is 5.91 Å². The van der Waals surface area contributed by atoms with Crippen molar-refractivity contribution in [3.05, 3.63) is 47.9 Å². The van der Waals surface area contributed by atoms with E-state index in [0.29, 0.717) is 18.7 Å². The van der Waals surface area contributed by atoms with E-state index in [1.54, 1.807) is 13.0 Å². The molecule has 0 bridgehead atoms. The monoisotopic (exact) mass is 376 g/mol. The van der Waals surface area contributed by atoms with Gasteiger partial charge in [-0.1, -0.05) is 6.07 Å². The fraction of sp³-hybridized carbons (Fsp3) is 0.421. The Balaban J connectivity index is 1.65. The van der Waals surface area contributed by atoms with Gasteiger partial charge < -0.3 is 18.8 Å². The number of esters is 1. The first-order valence-electron chi connectivity index (χ1n) is 8.89. The van der Waals surface area contributed by atoms with Gasteiger partial charge in [0.15, 0.2) is 12.3 Å². The molecule has 1 atom stereocenters. The Morgan fingerprint density at radius 1 is 1.37 bits per heavy atom. The summed E-state index contributed by atoms with van der Waals surface area (Å²) in [7, 11) is 0. The molecule has 7 nitrogen and oxygen atoms in total. The lowest BCUT2D eigenvalue weighted by atomic mass is 10.0. The summed E-state index contributed by atoms with van der Waals surface area (Å²) in [6.45, 7) is 2.42. The third-order valence-electron chi connectivity index (χ3n) is 4.25. The normalized spacial score (nSPS) is 16.8. The lowest BCUT2D eigenvalue weighted by Gasteiger charge is -2.33. The highest BCUT2D eigenvalue weighted by Crippen LogP contribution is 2.21. The van der Waals surface area contributed by atoms with Gasteiger partial charge in [-0.25, -0.2) is 14.2 Å². The fourth-order valence-electron chi connectivity index (χ4n) is 2.98. The first-order valence-corrected chi connectivity index (χ1v) is 8.89. The van der Waals surface area contributed by atoms with Crippen LogP contribution in [-0.4, -0.2) is 41.0 Å². The van der Waals surface area contributed by atoms with E-state index >= 15 is 0 Å². The van der Waals surface area contributed by atoms with Crippen molar-refractivity contribution in [1.29, 1.82) is 0 Å². The highest BCUT2D eigenvalue weighted by molar-refractivity contribution is 5.95. The molecule has 1 aromatic heterocycles. The van der Waals surface area contributed by atoms with Gasteiger partial charge in [0.2, 0.25) is 5.89 Å². The molecule has 1 fully saturated rings. The van der Waals surface area contributed by atoms with Crippen LogP contribution in [0.1, 0.15) is 42.6 Å². The molecule has 1 amide bonds. The van der Waals surface area contributed by atoms with Crippen molar-refractivity contribution >= 4 is 11.9 Å². The van der Waals surface area contributed by atoms with Crippen molar-refractivity contribution in [2.75, 3.05) is 13.2 Å². The van der Waals surface area contributed by atoms with E-state index in [4.69, 9.17) is 13.9 Å². The number of nitrogens with zero attached hydrogens (tertiary/aromatic N) is 2. The van der Waals surface area contributed by atoms with Gasteiger partial charge in [-0.2, -0.15) is 0 Å². The molecule has 144 valence electrons. The Kier molecular flexibility index (Phi) is 6.05. The molecule has 1 aliphatic heterocycles. The van der Waals surface area contributed by atoms with Crippen LogP contribution in [0.25, 0.3) is 0 Å². The Morgan fingerprint density at radius 3 is 3.00 bits per heavy atom. The van der Waals surface area contributed by atoms with E-state index in [0.717, 1.165) is 12.8 Å². The number of hydrogen-bond acceptors (Lipinski definition) is 6. The highest BCUT2D eigenvalue weighted by atomic mass is 19.1. The molecule has 0 aliphatic carbocycles. The van der Waals surface area contributed by atoms with Crippen molar-refractivity contribution in [2.45, 2.75) is 38.8 Å².